The summed E-state index contributed by atoms with van der Waals surface area (Å²) in [6.45, 7) is 7.17. The summed E-state index contributed by atoms with van der Waals surface area (Å²) in [6.07, 6.45) is 9.37. The molecule has 3 fully saturated rings. The van der Waals surface area contributed by atoms with Gasteiger partial charge in [0.25, 0.3) is 0 Å². The molecule has 4 rings (SSSR count). The fourth-order valence-corrected chi connectivity index (χ4v) is 4.29. The van der Waals surface area contributed by atoms with E-state index in [-0.39, 0.29) is 0 Å². The van der Waals surface area contributed by atoms with Crippen LogP contribution in [0.3, 0.4) is 0 Å². The van der Waals surface area contributed by atoms with Crippen molar-refractivity contribution >= 4 is 0 Å². The van der Waals surface area contributed by atoms with E-state index in [9.17, 15) is 0 Å². The highest BCUT2D eigenvalue weighted by Gasteiger charge is 2.41. The van der Waals surface area contributed by atoms with E-state index in [2.05, 4.69) is 44.5 Å². The lowest BCUT2D eigenvalue weighted by Crippen LogP contribution is -2.63. The van der Waals surface area contributed by atoms with Crippen LogP contribution in [-0.4, -0.2) is 76.6 Å². The number of piperazine rings is 1. The number of nitrogens with zero attached hydrogens (tertiary/aromatic N) is 5. The lowest BCUT2D eigenvalue weighted by atomic mass is 9.84. The summed E-state index contributed by atoms with van der Waals surface area (Å²) in [6, 6.07) is 0.742. The monoisotopic (exact) mass is 303 g/mol. The molecule has 2 aliphatic heterocycles. The third-order valence-corrected chi connectivity index (χ3v) is 6.05. The quantitative estimate of drug-likeness (QED) is 0.844. The molecule has 1 saturated carbocycles. The minimum absolute atomic E-state index is 0.417. The zero-order valence-electron chi connectivity index (χ0n) is 14.0. The van der Waals surface area contributed by atoms with E-state index in [0.29, 0.717) is 5.54 Å². The number of piperidine rings is 1. The van der Waals surface area contributed by atoms with Gasteiger partial charge in [0, 0.05) is 57.0 Å². The molecule has 0 N–H and O–H groups in total. The summed E-state index contributed by atoms with van der Waals surface area (Å²) in [5, 5.41) is 0. The van der Waals surface area contributed by atoms with Gasteiger partial charge in [0.15, 0.2) is 0 Å². The molecule has 1 spiro atoms. The number of rotatable bonds is 3. The van der Waals surface area contributed by atoms with Gasteiger partial charge in [0.1, 0.15) is 0 Å². The van der Waals surface area contributed by atoms with Gasteiger partial charge in [-0.15, -0.1) is 0 Å². The van der Waals surface area contributed by atoms with Gasteiger partial charge in [-0.1, -0.05) is 0 Å². The van der Waals surface area contributed by atoms with E-state index in [1.54, 1.807) is 0 Å². The Kier molecular flexibility index (Phi) is 3.75. The Bertz CT molecular complexity index is 513. The Morgan fingerprint density at radius 1 is 1.14 bits per heavy atom. The van der Waals surface area contributed by atoms with Crippen LogP contribution < -0.4 is 0 Å². The highest BCUT2D eigenvalue weighted by molar-refractivity contribution is 5.05. The first-order chi connectivity index (χ1) is 10.7. The van der Waals surface area contributed by atoms with E-state index in [1.807, 2.05) is 6.33 Å². The summed E-state index contributed by atoms with van der Waals surface area (Å²) >= 11 is 0. The normalized spacial score (nSPS) is 27.5. The van der Waals surface area contributed by atoms with Crippen molar-refractivity contribution in [3.05, 3.63) is 18.2 Å². The minimum atomic E-state index is 0.417. The molecule has 1 aromatic heterocycles. The first kappa shape index (κ1) is 14.7. The van der Waals surface area contributed by atoms with Gasteiger partial charge in [-0.25, -0.2) is 4.98 Å². The van der Waals surface area contributed by atoms with Crippen molar-refractivity contribution in [1.29, 1.82) is 0 Å². The van der Waals surface area contributed by atoms with Crippen LogP contribution in [0.15, 0.2) is 12.5 Å². The van der Waals surface area contributed by atoms with Crippen LogP contribution in [-0.2, 0) is 6.54 Å². The van der Waals surface area contributed by atoms with E-state index < -0.39 is 0 Å². The molecule has 3 heterocycles. The van der Waals surface area contributed by atoms with Gasteiger partial charge in [-0.3, -0.25) is 9.80 Å². The second kappa shape index (κ2) is 5.62. The Hall–Kier alpha value is -0.910. The Labute approximate surface area is 133 Å². The highest BCUT2D eigenvalue weighted by atomic mass is 15.3. The number of hydrogen-bond acceptors (Lipinski definition) is 4. The second-order valence-corrected chi connectivity index (χ2v) is 7.68. The van der Waals surface area contributed by atoms with Crippen molar-refractivity contribution < 1.29 is 0 Å². The fourth-order valence-electron chi connectivity index (χ4n) is 4.29. The van der Waals surface area contributed by atoms with Crippen molar-refractivity contribution in [3.63, 3.8) is 0 Å². The molecule has 22 heavy (non-hydrogen) atoms. The van der Waals surface area contributed by atoms with Crippen molar-refractivity contribution in [2.75, 3.05) is 46.8 Å². The zero-order valence-corrected chi connectivity index (χ0v) is 14.0. The van der Waals surface area contributed by atoms with Crippen LogP contribution in [0.1, 0.15) is 37.4 Å². The van der Waals surface area contributed by atoms with Crippen molar-refractivity contribution in [3.8, 4) is 0 Å². The standard InChI is InChI=1S/C17H29N5/c1-19-9-10-20(2)17(13-19)5-7-21(8-6-17)12-16-11-18-14-22(16)15-3-4-15/h11,14-15H,3-10,12-13H2,1-2H3. The van der Waals surface area contributed by atoms with E-state index >= 15 is 0 Å². The zero-order chi connectivity index (χ0) is 15.2. The Morgan fingerprint density at radius 2 is 1.91 bits per heavy atom. The minimum Gasteiger partial charge on any atom is -0.330 e. The third kappa shape index (κ3) is 2.70. The molecule has 0 radical (unpaired) electrons. The van der Waals surface area contributed by atoms with Crippen LogP contribution in [0.25, 0.3) is 0 Å². The lowest BCUT2D eigenvalue weighted by molar-refractivity contribution is -0.0208. The van der Waals surface area contributed by atoms with Gasteiger partial charge in [-0.2, -0.15) is 0 Å². The summed E-state index contributed by atoms with van der Waals surface area (Å²) < 4.78 is 2.41. The van der Waals surface area contributed by atoms with E-state index in [1.165, 1.54) is 64.1 Å². The van der Waals surface area contributed by atoms with Crippen LogP contribution >= 0.6 is 0 Å². The third-order valence-electron chi connectivity index (χ3n) is 6.05. The van der Waals surface area contributed by atoms with Gasteiger partial charge < -0.3 is 9.47 Å². The number of likely N-dealkylation sites (N-methyl/N-ethyl adjacent to an activating group) is 2. The number of aromatic nitrogens is 2. The average Bonchev–Trinajstić information content (AvgIpc) is 3.26. The Morgan fingerprint density at radius 3 is 2.64 bits per heavy atom. The SMILES string of the molecule is CN1CCN(C)C2(CCN(Cc3cncn3C3CC3)CC2)C1. The summed E-state index contributed by atoms with van der Waals surface area (Å²) in [7, 11) is 4.60. The highest BCUT2D eigenvalue weighted by Crippen LogP contribution is 2.36. The molecule has 0 atom stereocenters. The van der Waals surface area contributed by atoms with Gasteiger partial charge in [0.05, 0.1) is 12.0 Å². The Balaban J connectivity index is 1.38. The number of likely N-dealkylation sites (tertiary alicyclic amines) is 1. The molecule has 0 amide bonds. The predicted octanol–water partition coefficient (Wildman–Crippen LogP) is 1.43. The maximum Gasteiger partial charge on any atom is 0.0951 e. The lowest BCUT2D eigenvalue weighted by Gasteiger charge is -2.52. The van der Waals surface area contributed by atoms with Gasteiger partial charge in [-0.05, 0) is 39.8 Å². The molecule has 122 valence electrons. The largest absolute Gasteiger partial charge is 0.330 e. The summed E-state index contributed by atoms with van der Waals surface area (Å²) in [4.78, 5) is 12.1. The van der Waals surface area contributed by atoms with E-state index in [4.69, 9.17) is 0 Å². The van der Waals surface area contributed by atoms with Crippen molar-refractivity contribution in [2.45, 2.75) is 43.8 Å². The molecule has 0 aromatic carbocycles. The molecule has 0 bridgehead atoms. The van der Waals surface area contributed by atoms with Crippen molar-refractivity contribution in [2.24, 2.45) is 0 Å². The summed E-state index contributed by atoms with van der Waals surface area (Å²) in [5.41, 5.74) is 1.83. The summed E-state index contributed by atoms with van der Waals surface area (Å²) in [5.74, 6) is 0. The smallest absolute Gasteiger partial charge is 0.0951 e. The first-order valence-electron chi connectivity index (χ1n) is 8.79. The molecule has 0 unspecified atom stereocenters. The molecule has 5 heteroatoms. The van der Waals surface area contributed by atoms with Crippen LogP contribution in [0.4, 0.5) is 0 Å². The number of hydrogen-bond donors (Lipinski definition) is 0. The second-order valence-electron chi connectivity index (χ2n) is 7.68. The predicted molar refractivity (Wildman–Crippen MR) is 87.9 cm³/mol. The topological polar surface area (TPSA) is 27.5 Å². The van der Waals surface area contributed by atoms with Crippen LogP contribution in [0.2, 0.25) is 0 Å². The van der Waals surface area contributed by atoms with Crippen LogP contribution in [0, 0.1) is 0 Å². The maximum atomic E-state index is 4.38. The molecule has 3 aliphatic rings. The number of imidazole rings is 1. The molecule has 1 aliphatic carbocycles. The maximum absolute atomic E-state index is 4.38. The fraction of sp³-hybridized carbons (Fsp3) is 0.824. The molecule has 5 nitrogen and oxygen atoms in total. The molecular formula is C17H29N5. The van der Waals surface area contributed by atoms with Gasteiger partial charge in [0.2, 0.25) is 0 Å². The van der Waals surface area contributed by atoms with Gasteiger partial charge >= 0.3 is 0 Å². The van der Waals surface area contributed by atoms with Crippen molar-refractivity contribution in [1.82, 2.24) is 24.3 Å². The molecular weight excluding hydrogens is 274 g/mol. The van der Waals surface area contributed by atoms with E-state index in [0.717, 1.165) is 12.6 Å². The molecule has 1 aromatic rings. The first-order valence-corrected chi connectivity index (χ1v) is 8.79. The average molecular weight is 303 g/mol. The molecule has 2 saturated heterocycles. The van der Waals surface area contributed by atoms with Crippen LogP contribution in [0.5, 0.6) is 0 Å².